The molecule has 0 aromatic carbocycles. The zero-order chi connectivity index (χ0) is 9.90. The van der Waals surface area contributed by atoms with Crippen LogP contribution in [-0.4, -0.2) is 18.1 Å². The van der Waals surface area contributed by atoms with E-state index in [1.807, 2.05) is 6.08 Å². The lowest BCUT2D eigenvalue weighted by atomic mass is 9.88. The van der Waals surface area contributed by atoms with Crippen molar-refractivity contribution in [2.45, 2.75) is 32.3 Å². The Morgan fingerprint density at radius 2 is 2.31 bits per heavy atom. The Labute approximate surface area is 78.9 Å². The first-order chi connectivity index (χ1) is 5.99. The number of amides is 1. The van der Waals surface area contributed by atoms with Crippen molar-refractivity contribution >= 4 is 5.91 Å². The molecule has 3 heteroatoms. The van der Waals surface area contributed by atoms with E-state index in [0.717, 1.165) is 19.4 Å². The molecule has 1 fully saturated rings. The average molecular weight is 183 g/mol. The lowest BCUT2D eigenvalue weighted by Crippen LogP contribution is -2.33. The van der Waals surface area contributed by atoms with E-state index in [4.69, 9.17) is 10.5 Å². The fourth-order valence-corrected chi connectivity index (χ4v) is 1.67. The molecule has 2 N–H and O–H groups in total. The SMILES string of the molecule is CC1(C)C[C@H](/C=C/C(N)=O)CCO1. The quantitative estimate of drug-likeness (QED) is 0.655. The van der Waals surface area contributed by atoms with Crippen molar-refractivity contribution in [2.75, 3.05) is 6.61 Å². The Balaban J connectivity index is 2.48. The fraction of sp³-hybridized carbons (Fsp3) is 0.700. The van der Waals surface area contributed by atoms with Gasteiger partial charge < -0.3 is 10.5 Å². The van der Waals surface area contributed by atoms with Crippen molar-refractivity contribution in [3.05, 3.63) is 12.2 Å². The molecule has 0 spiro atoms. The Hall–Kier alpha value is -0.830. The summed E-state index contributed by atoms with van der Waals surface area (Å²) in [6.45, 7) is 4.90. The van der Waals surface area contributed by atoms with Gasteiger partial charge in [0.1, 0.15) is 0 Å². The van der Waals surface area contributed by atoms with E-state index in [2.05, 4.69) is 13.8 Å². The highest BCUT2D eigenvalue weighted by molar-refractivity contribution is 5.85. The van der Waals surface area contributed by atoms with Crippen LogP contribution in [-0.2, 0) is 9.53 Å². The van der Waals surface area contributed by atoms with E-state index in [-0.39, 0.29) is 11.5 Å². The Morgan fingerprint density at radius 1 is 1.62 bits per heavy atom. The fourth-order valence-electron chi connectivity index (χ4n) is 1.67. The van der Waals surface area contributed by atoms with Crippen LogP contribution in [0.2, 0.25) is 0 Å². The largest absolute Gasteiger partial charge is 0.376 e. The van der Waals surface area contributed by atoms with E-state index in [1.54, 1.807) is 0 Å². The summed E-state index contributed by atoms with van der Waals surface area (Å²) < 4.78 is 5.55. The van der Waals surface area contributed by atoms with Crippen LogP contribution in [0.4, 0.5) is 0 Å². The summed E-state index contributed by atoms with van der Waals surface area (Å²) in [4.78, 5) is 10.5. The highest BCUT2D eigenvalue weighted by atomic mass is 16.5. The smallest absolute Gasteiger partial charge is 0.241 e. The number of hydrogen-bond donors (Lipinski definition) is 1. The maximum atomic E-state index is 10.5. The second-order valence-electron chi connectivity index (χ2n) is 4.12. The molecular formula is C10H17NO2. The third-order valence-corrected chi connectivity index (χ3v) is 2.27. The second-order valence-corrected chi connectivity index (χ2v) is 4.12. The van der Waals surface area contributed by atoms with Gasteiger partial charge in [0.15, 0.2) is 0 Å². The van der Waals surface area contributed by atoms with E-state index in [9.17, 15) is 4.79 Å². The molecule has 74 valence electrons. The minimum atomic E-state index is -0.371. The van der Waals surface area contributed by atoms with Crippen molar-refractivity contribution in [3.63, 3.8) is 0 Å². The van der Waals surface area contributed by atoms with Crippen molar-refractivity contribution in [1.82, 2.24) is 0 Å². The van der Waals surface area contributed by atoms with Crippen molar-refractivity contribution < 1.29 is 9.53 Å². The summed E-state index contributed by atoms with van der Waals surface area (Å²) in [5.41, 5.74) is 4.96. The molecule has 1 aliphatic heterocycles. The van der Waals surface area contributed by atoms with Gasteiger partial charge in [-0.15, -0.1) is 0 Å². The van der Waals surface area contributed by atoms with Crippen molar-refractivity contribution in [1.29, 1.82) is 0 Å². The predicted molar refractivity (Wildman–Crippen MR) is 51.1 cm³/mol. The first kappa shape index (κ1) is 10.3. The molecule has 1 heterocycles. The van der Waals surface area contributed by atoms with Crippen LogP contribution >= 0.6 is 0 Å². The van der Waals surface area contributed by atoms with Crippen LogP contribution in [0.1, 0.15) is 26.7 Å². The summed E-state index contributed by atoms with van der Waals surface area (Å²) in [6, 6.07) is 0. The molecule has 0 aromatic heterocycles. The van der Waals surface area contributed by atoms with Gasteiger partial charge in [0.25, 0.3) is 0 Å². The number of ether oxygens (including phenoxy) is 1. The van der Waals surface area contributed by atoms with Gasteiger partial charge in [0.05, 0.1) is 5.60 Å². The number of allylic oxidation sites excluding steroid dienone is 1. The minimum absolute atomic E-state index is 0.0646. The molecular weight excluding hydrogens is 166 g/mol. The summed E-state index contributed by atoms with van der Waals surface area (Å²) >= 11 is 0. The molecule has 0 bridgehead atoms. The molecule has 0 aliphatic carbocycles. The van der Waals surface area contributed by atoms with Gasteiger partial charge in [0, 0.05) is 6.61 Å². The van der Waals surface area contributed by atoms with Crippen LogP contribution in [0.25, 0.3) is 0 Å². The maximum Gasteiger partial charge on any atom is 0.241 e. The monoisotopic (exact) mass is 183 g/mol. The van der Waals surface area contributed by atoms with Crippen molar-refractivity contribution in [2.24, 2.45) is 11.7 Å². The molecule has 1 saturated heterocycles. The van der Waals surface area contributed by atoms with Crippen LogP contribution in [0.3, 0.4) is 0 Å². The molecule has 1 amide bonds. The van der Waals surface area contributed by atoms with Crippen LogP contribution in [0.5, 0.6) is 0 Å². The lowest BCUT2D eigenvalue weighted by Gasteiger charge is -2.34. The van der Waals surface area contributed by atoms with Gasteiger partial charge in [-0.2, -0.15) is 0 Å². The molecule has 3 nitrogen and oxygen atoms in total. The molecule has 0 unspecified atom stereocenters. The van der Waals surface area contributed by atoms with Crippen molar-refractivity contribution in [3.8, 4) is 0 Å². The zero-order valence-corrected chi connectivity index (χ0v) is 8.25. The topological polar surface area (TPSA) is 52.3 Å². The highest BCUT2D eigenvalue weighted by Gasteiger charge is 2.27. The summed E-state index contributed by atoms with van der Waals surface area (Å²) in [6.07, 6.45) is 5.28. The number of nitrogens with two attached hydrogens (primary N) is 1. The van der Waals surface area contributed by atoms with Gasteiger partial charge in [-0.25, -0.2) is 0 Å². The van der Waals surface area contributed by atoms with Gasteiger partial charge >= 0.3 is 0 Å². The first-order valence-corrected chi connectivity index (χ1v) is 4.61. The molecule has 0 saturated carbocycles. The number of primary amides is 1. The van der Waals surface area contributed by atoms with E-state index >= 15 is 0 Å². The summed E-state index contributed by atoms with van der Waals surface area (Å²) in [7, 11) is 0. The molecule has 1 atom stereocenters. The third kappa shape index (κ3) is 3.59. The van der Waals surface area contributed by atoms with Crippen LogP contribution in [0, 0.1) is 5.92 Å². The van der Waals surface area contributed by atoms with Gasteiger partial charge in [0.2, 0.25) is 5.91 Å². The number of carbonyl (C=O) groups excluding carboxylic acids is 1. The van der Waals surface area contributed by atoms with Gasteiger partial charge in [-0.05, 0) is 38.7 Å². The predicted octanol–water partition coefficient (Wildman–Crippen LogP) is 1.23. The number of carbonyl (C=O) groups is 1. The zero-order valence-electron chi connectivity index (χ0n) is 8.25. The molecule has 1 aliphatic rings. The third-order valence-electron chi connectivity index (χ3n) is 2.27. The highest BCUT2D eigenvalue weighted by Crippen LogP contribution is 2.29. The molecule has 1 rings (SSSR count). The van der Waals surface area contributed by atoms with E-state index < -0.39 is 0 Å². The first-order valence-electron chi connectivity index (χ1n) is 4.61. The Morgan fingerprint density at radius 3 is 2.85 bits per heavy atom. The van der Waals surface area contributed by atoms with Crippen LogP contribution in [0.15, 0.2) is 12.2 Å². The second kappa shape index (κ2) is 3.92. The van der Waals surface area contributed by atoms with Crippen LogP contribution < -0.4 is 5.73 Å². The maximum absolute atomic E-state index is 10.5. The Kier molecular flexibility index (Phi) is 3.09. The number of rotatable bonds is 2. The average Bonchev–Trinajstić information content (AvgIpc) is 1.99. The summed E-state index contributed by atoms with van der Waals surface area (Å²) in [5.74, 6) is 0.0561. The minimum Gasteiger partial charge on any atom is -0.376 e. The summed E-state index contributed by atoms with van der Waals surface area (Å²) in [5, 5.41) is 0. The standard InChI is InChI=1S/C10H17NO2/c1-10(2)7-8(5-6-13-10)3-4-9(11)12/h3-4,8H,5-7H2,1-2H3,(H2,11,12)/b4-3+/t8-/m1/s1. The van der Waals surface area contributed by atoms with Gasteiger partial charge in [-0.1, -0.05) is 6.08 Å². The molecule has 0 radical (unpaired) electrons. The number of hydrogen-bond acceptors (Lipinski definition) is 2. The Bertz CT molecular complexity index is 221. The molecule has 13 heavy (non-hydrogen) atoms. The van der Waals surface area contributed by atoms with E-state index in [1.165, 1.54) is 6.08 Å². The molecule has 0 aromatic rings. The lowest BCUT2D eigenvalue weighted by molar-refractivity contribution is -0.113. The van der Waals surface area contributed by atoms with Gasteiger partial charge in [-0.3, -0.25) is 4.79 Å². The normalized spacial score (nSPS) is 27.7. The van der Waals surface area contributed by atoms with E-state index in [0.29, 0.717) is 5.92 Å².